The predicted octanol–water partition coefficient (Wildman–Crippen LogP) is 2.20. The van der Waals surface area contributed by atoms with E-state index in [-0.39, 0.29) is 5.56 Å². The molecule has 0 aliphatic carbocycles. The number of aromatic nitrogens is 4. The topological polar surface area (TPSA) is 52.7 Å². The van der Waals surface area contributed by atoms with Crippen molar-refractivity contribution >= 4 is 0 Å². The van der Waals surface area contributed by atoms with Crippen molar-refractivity contribution in [2.24, 2.45) is 7.05 Å². The fourth-order valence-corrected chi connectivity index (χ4v) is 2.25. The zero-order valence-corrected chi connectivity index (χ0v) is 12.0. The van der Waals surface area contributed by atoms with Gasteiger partial charge in [-0.2, -0.15) is 5.10 Å². The smallest absolute Gasteiger partial charge is 0.263 e. The van der Waals surface area contributed by atoms with Gasteiger partial charge in [-0.15, -0.1) is 0 Å². The summed E-state index contributed by atoms with van der Waals surface area (Å²) in [6.45, 7) is 2.05. The maximum atomic E-state index is 12.6. The predicted molar refractivity (Wildman–Crippen MR) is 81.4 cm³/mol. The molecule has 5 heteroatoms. The third-order valence-electron chi connectivity index (χ3n) is 3.41. The van der Waals surface area contributed by atoms with Crippen LogP contribution in [0.25, 0.3) is 16.8 Å². The van der Waals surface area contributed by atoms with Crippen LogP contribution >= 0.6 is 0 Å². The SMILES string of the molecule is CCc1ccc(-n2cccc(-c3cnn(C)c3)c2=O)cn1. The van der Waals surface area contributed by atoms with Crippen molar-refractivity contribution in [2.75, 3.05) is 0 Å². The first-order valence-corrected chi connectivity index (χ1v) is 6.85. The van der Waals surface area contributed by atoms with Crippen LogP contribution in [0.4, 0.5) is 0 Å². The summed E-state index contributed by atoms with van der Waals surface area (Å²) in [5.41, 5.74) is 3.15. The fraction of sp³-hybridized carbons (Fsp3) is 0.188. The highest BCUT2D eigenvalue weighted by atomic mass is 16.1. The Morgan fingerprint density at radius 2 is 2.05 bits per heavy atom. The van der Waals surface area contributed by atoms with Gasteiger partial charge < -0.3 is 0 Å². The van der Waals surface area contributed by atoms with Crippen LogP contribution in [-0.4, -0.2) is 19.3 Å². The van der Waals surface area contributed by atoms with Crippen molar-refractivity contribution in [1.29, 1.82) is 0 Å². The van der Waals surface area contributed by atoms with E-state index in [1.165, 1.54) is 0 Å². The fourth-order valence-electron chi connectivity index (χ4n) is 2.25. The van der Waals surface area contributed by atoms with Crippen molar-refractivity contribution in [3.05, 3.63) is 65.1 Å². The summed E-state index contributed by atoms with van der Waals surface area (Å²) in [6.07, 6.45) is 7.89. The number of hydrogen-bond donors (Lipinski definition) is 0. The minimum atomic E-state index is -0.0726. The number of pyridine rings is 2. The lowest BCUT2D eigenvalue weighted by atomic mass is 10.1. The Hall–Kier alpha value is -2.69. The summed E-state index contributed by atoms with van der Waals surface area (Å²) in [5.74, 6) is 0. The maximum Gasteiger partial charge on any atom is 0.263 e. The Balaban J connectivity index is 2.09. The van der Waals surface area contributed by atoms with Gasteiger partial charge in [-0.25, -0.2) is 0 Å². The Kier molecular flexibility index (Phi) is 3.39. The number of nitrogens with zero attached hydrogens (tertiary/aromatic N) is 4. The highest BCUT2D eigenvalue weighted by Gasteiger charge is 2.09. The van der Waals surface area contributed by atoms with E-state index in [9.17, 15) is 4.79 Å². The van der Waals surface area contributed by atoms with E-state index in [0.717, 1.165) is 23.4 Å². The van der Waals surface area contributed by atoms with Crippen LogP contribution < -0.4 is 5.56 Å². The lowest BCUT2D eigenvalue weighted by molar-refractivity contribution is 0.768. The molecule has 0 aliphatic rings. The average Bonchev–Trinajstić information content (AvgIpc) is 2.94. The molecular formula is C16H16N4O. The van der Waals surface area contributed by atoms with Gasteiger partial charge in [-0.3, -0.25) is 19.0 Å². The van der Waals surface area contributed by atoms with Crippen LogP contribution in [0, 0.1) is 0 Å². The quantitative estimate of drug-likeness (QED) is 0.739. The van der Waals surface area contributed by atoms with Gasteiger partial charge in [0.2, 0.25) is 0 Å². The second kappa shape index (κ2) is 5.36. The molecule has 3 aromatic heterocycles. The number of rotatable bonds is 3. The van der Waals surface area contributed by atoms with E-state index < -0.39 is 0 Å². The molecular weight excluding hydrogens is 264 g/mol. The second-order valence-corrected chi connectivity index (χ2v) is 4.86. The zero-order valence-electron chi connectivity index (χ0n) is 12.0. The molecule has 3 rings (SSSR count). The van der Waals surface area contributed by atoms with E-state index in [1.807, 2.05) is 37.5 Å². The summed E-state index contributed by atoms with van der Waals surface area (Å²) in [6, 6.07) is 7.53. The molecule has 0 spiro atoms. The highest BCUT2D eigenvalue weighted by Crippen LogP contribution is 2.14. The molecule has 106 valence electrons. The lowest BCUT2D eigenvalue weighted by Crippen LogP contribution is -2.19. The van der Waals surface area contributed by atoms with Crippen molar-refractivity contribution in [3.8, 4) is 16.8 Å². The molecule has 0 N–H and O–H groups in total. The van der Waals surface area contributed by atoms with Crippen molar-refractivity contribution in [1.82, 2.24) is 19.3 Å². The third-order valence-corrected chi connectivity index (χ3v) is 3.41. The first kappa shape index (κ1) is 13.3. The number of aryl methyl sites for hydroxylation is 2. The summed E-state index contributed by atoms with van der Waals surface area (Å²) in [7, 11) is 1.83. The maximum absolute atomic E-state index is 12.6. The second-order valence-electron chi connectivity index (χ2n) is 4.86. The molecule has 0 unspecified atom stereocenters. The zero-order chi connectivity index (χ0) is 14.8. The van der Waals surface area contributed by atoms with Crippen LogP contribution in [0.2, 0.25) is 0 Å². The molecule has 0 aliphatic heterocycles. The van der Waals surface area contributed by atoms with Gasteiger partial charge in [0.15, 0.2) is 0 Å². The van der Waals surface area contributed by atoms with Crippen LogP contribution in [0.5, 0.6) is 0 Å². The molecule has 5 nitrogen and oxygen atoms in total. The Labute approximate surface area is 122 Å². The van der Waals surface area contributed by atoms with E-state index >= 15 is 0 Å². The molecule has 3 heterocycles. The molecule has 0 saturated heterocycles. The van der Waals surface area contributed by atoms with Crippen LogP contribution in [-0.2, 0) is 13.5 Å². The van der Waals surface area contributed by atoms with Crippen LogP contribution in [0.3, 0.4) is 0 Å². The molecule has 3 aromatic rings. The van der Waals surface area contributed by atoms with Gasteiger partial charge in [0.25, 0.3) is 5.56 Å². The van der Waals surface area contributed by atoms with Gasteiger partial charge >= 0.3 is 0 Å². The molecule has 0 atom stereocenters. The minimum absolute atomic E-state index is 0.0726. The van der Waals surface area contributed by atoms with Crippen molar-refractivity contribution in [2.45, 2.75) is 13.3 Å². The summed E-state index contributed by atoms with van der Waals surface area (Å²) in [4.78, 5) is 17.0. The first-order valence-electron chi connectivity index (χ1n) is 6.85. The molecule has 0 bridgehead atoms. The van der Waals surface area contributed by atoms with E-state index in [0.29, 0.717) is 5.56 Å². The average molecular weight is 280 g/mol. The molecule has 0 fully saturated rings. The van der Waals surface area contributed by atoms with Gasteiger partial charge in [0.1, 0.15) is 0 Å². The largest absolute Gasteiger partial charge is 0.282 e. The lowest BCUT2D eigenvalue weighted by Gasteiger charge is -2.07. The molecule has 0 saturated carbocycles. The van der Waals surface area contributed by atoms with Gasteiger partial charge in [0.05, 0.1) is 23.6 Å². The van der Waals surface area contributed by atoms with Crippen LogP contribution in [0.15, 0.2) is 53.8 Å². The van der Waals surface area contributed by atoms with Crippen molar-refractivity contribution < 1.29 is 0 Å². The van der Waals surface area contributed by atoms with E-state index in [2.05, 4.69) is 17.0 Å². The molecule has 21 heavy (non-hydrogen) atoms. The van der Waals surface area contributed by atoms with Crippen LogP contribution in [0.1, 0.15) is 12.6 Å². The van der Waals surface area contributed by atoms with E-state index in [1.54, 1.807) is 27.8 Å². The standard InChI is InChI=1S/C16H16N4O/c1-3-13-6-7-14(10-17-13)20-8-4-5-15(16(20)21)12-9-18-19(2)11-12/h4-11H,3H2,1-2H3. The third kappa shape index (κ3) is 2.50. The Bertz CT molecular complexity index is 815. The number of hydrogen-bond acceptors (Lipinski definition) is 3. The summed E-state index contributed by atoms with van der Waals surface area (Å²) >= 11 is 0. The monoisotopic (exact) mass is 280 g/mol. The highest BCUT2D eigenvalue weighted by molar-refractivity contribution is 5.61. The normalized spacial score (nSPS) is 10.8. The van der Waals surface area contributed by atoms with E-state index in [4.69, 9.17) is 0 Å². The molecule has 0 radical (unpaired) electrons. The Morgan fingerprint density at radius 3 is 2.67 bits per heavy atom. The minimum Gasteiger partial charge on any atom is -0.282 e. The van der Waals surface area contributed by atoms with Gasteiger partial charge in [0, 0.05) is 30.7 Å². The summed E-state index contributed by atoms with van der Waals surface area (Å²) < 4.78 is 3.29. The molecule has 0 amide bonds. The van der Waals surface area contributed by atoms with Gasteiger partial charge in [-0.1, -0.05) is 6.92 Å². The summed E-state index contributed by atoms with van der Waals surface area (Å²) in [5, 5.41) is 4.12. The van der Waals surface area contributed by atoms with Crippen molar-refractivity contribution in [3.63, 3.8) is 0 Å². The van der Waals surface area contributed by atoms with Gasteiger partial charge in [-0.05, 0) is 30.7 Å². The molecule has 0 aromatic carbocycles. The first-order chi connectivity index (χ1) is 10.2. The Morgan fingerprint density at radius 1 is 1.19 bits per heavy atom.